The first-order chi connectivity index (χ1) is 8.61. The molecule has 0 spiro atoms. The van der Waals surface area contributed by atoms with E-state index in [9.17, 15) is 4.79 Å². The molecule has 2 rings (SSSR count). The normalized spacial score (nSPS) is 11.1. The van der Waals surface area contributed by atoms with Crippen molar-refractivity contribution in [3.05, 3.63) is 28.8 Å². The van der Waals surface area contributed by atoms with Crippen molar-refractivity contribution in [3.63, 3.8) is 0 Å². The van der Waals surface area contributed by atoms with Gasteiger partial charge in [0, 0.05) is 12.7 Å². The summed E-state index contributed by atoms with van der Waals surface area (Å²) in [5.74, 6) is 0.640. The zero-order valence-electron chi connectivity index (χ0n) is 11.0. The SMILES string of the molecule is Cc1ccsc1-c1nn(CCC(C)C)cc1C=O. The summed E-state index contributed by atoms with van der Waals surface area (Å²) in [5.41, 5.74) is 2.68. The lowest BCUT2D eigenvalue weighted by atomic mass is 10.1. The van der Waals surface area contributed by atoms with Crippen LogP contribution in [0.5, 0.6) is 0 Å². The molecule has 18 heavy (non-hydrogen) atoms. The molecule has 0 N–H and O–H groups in total. The number of rotatable bonds is 5. The second kappa shape index (κ2) is 5.48. The minimum Gasteiger partial charge on any atom is -0.298 e. The van der Waals surface area contributed by atoms with Gasteiger partial charge in [-0.1, -0.05) is 13.8 Å². The summed E-state index contributed by atoms with van der Waals surface area (Å²) in [6, 6.07) is 2.06. The molecule has 0 amide bonds. The second-order valence-corrected chi connectivity index (χ2v) is 5.85. The molecule has 3 nitrogen and oxygen atoms in total. The summed E-state index contributed by atoms with van der Waals surface area (Å²) < 4.78 is 1.89. The molecule has 4 heteroatoms. The Morgan fingerprint density at radius 2 is 2.28 bits per heavy atom. The van der Waals surface area contributed by atoms with Crippen LogP contribution in [0.2, 0.25) is 0 Å². The van der Waals surface area contributed by atoms with Crippen molar-refractivity contribution in [2.24, 2.45) is 5.92 Å². The van der Waals surface area contributed by atoms with Crippen LogP contribution in [-0.4, -0.2) is 16.1 Å². The van der Waals surface area contributed by atoms with E-state index in [-0.39, 0.29) is 0 Å². The first kappa shape index (κ1) is 13.0. The molecule has 0 aliphatic carbocycles. The highest BCUT2D eigenvalue weighted by molar-refractivity contribution is 7.13. The van der Waals surface area contributed by atoms with Crippen LogP contribution in [0.4, 0.5) is 0 Å². The fourth-order valence-corrected chi connectivity index (χ4v) is 2.75. The van der Waals surface area contributed by atoms with Gasteiger partial charge in [0.15, 0.2) is 6.29 Å². The Balaban J connectivity index is 2.30. The molecule has 0 aliphatic rings. The van der Waals surface area contributed by atoms with Crippen LogP contribution in [0.1, 0.15) is 36.2 Å². The fraction of sp³-hybridized carbons (Fsp3) is 0.429. The number of aromatic nitrogens is 2. The van der Waals surface area contributed by atoms with Crippen molar-refractivity contribution in [2.75, 3.05) is 0 Å². The largest absolute Gasteiger partial charge is 0.298 e. The van der Waals surface area contributed by atoms with E-state index >= 15 is 0 Å². The topological polar surface area (TPSA) is 34.9 Å². The number of hydrogen-bond donors (Lipinski definition) is 0. The number of carbonyl (C=O) groups is 1. The molecule has 0 fully saturated rings. The van der Waals surface area contributed by atoms with Crippen molar-refractivity contribution in [2.45, 2.75) is 33.7 Å². The molecular weight excluding hydrogens is 244 g/mol. The van der Waals surface area contributed by atoms with Crippen molar-refractivity contribution < 1.29 is 4.79 Å². The third-order valence-electron chi connectivity index (χ3n) is 2.93. The smallest absolute Gasteiger partial charge is 0.153 e. The van der Waals surface area contributed by atoms with Crippen molar-refractivity contribution in [3.8, 4) is 10.6 Å². The lowest BCUT2D eigenvalue weighted by Gasteiger charge is -2.03. The minimum absolute atomic E-state index is 0.640. The molecule has 2 aromatic rings. The standard InChI is InChI=1S/C14H18N2OS/c1-10(2)4-6-16-8-12(9-17)13(15-16)14-11(3)5-7-18-14/h5,7-10H,4,6H2,1-3H3. The van der Waals surface area contributed by atoms with E-state index < -0.39 is 0 Å². The lowest BCUT2D eigenvalue weighted by Crippen LogP contribution is -2.01. The number of hydrogen-bond acceptors (Lipinski definition) is 3. The molecule has 2 heterocycles. The molecule has 0 aromatic carbocycles. The highest BCUT2D eigenvalue weighted by Gasteiger charge is 2.13. The van der Waals surface area contributed by atoms with Crippen LogP contribution in [0.15, 0.2) is 17.6 Å². The Kier molecular flexibility index (Phi) is 3.97. The van der Waals surface area contributed by atoms with E-state index in [2.05, 4.69) is 25.0 Å². The van der Waals surface area contributed by atoms with E-state index in [1.165, 1.54) is 5.56 Å². The van der Waals surface area contributed by atoms with Gasteiger partial charge < -0.3 is 0 Å². The number of nitrogens with zero attached hydrogens (tertiary/aromatic N) is 2. The van der Waals surface area contributed by atoms with Crippen molar-refractivity contribution in [1.82, 2.24) is 9.78 Å². The first-order valence-electron chi connectivity index (χ1n) is 6.19. The van der Waals surface area contributed by atoms with E-state index in [0.717, 1.165) is 29.8 Å². The van der Waals surface area contributed by atoms with Gasteiger partial charge in [0.2, 0.25) is 0 Å². The summed E-state index contributed by atoms with van der Waals surface area (Å²) in [5, 5.41) is 6.59. The quantitative estimate of drug-likeness (QED) is 0.769. The summed E-state index contributed by atoms with van der Waals surface area (Å²) in [7, 11) is 0. The molecule has 0 saturated heterocycles. The monoisotopic (exact) mass is 262 g/mol. The van der Waals surface area contributed by atoms with Gasteiger partial charge in [0.1, 0.15) is 5.69 Å². The van der Waals surface area contributed by atoms with E-state index in [4.69, 9.17) is 0 Å². The Hall–Kier alpha value is -1.42. The van der Waals surface area contributed by atoms with Crippen LogP contribution in [0.25, 0.3) is 10.6 Å². The average molecular weight is 262 g/mol. The van der Waals surface area contributed by atoms with E-state index in [0.29, 0.717) is 11.5 Å². The van der Waals surface area contributed by atoms with Gasteiger partial charge in [-0.15, -0.1) is 11.3 Å². The third kappa shape index (κ3) is 2.70. The number of aryl methyl sites for hydroxylation is 2. The molecule has 2 aromatic heterocycles. The molecule has 0 radical (unpaired) electrons. The molecule has 0 atom stereocenters. The van der Waals surface area contributed by atoms with Crippen LogP contribution in [-0.2, 0) is 6.54 Å². The average Bonchev–Trinajstić information content (AvgIpc) is 2.91. The van der Waals surface area contributed by atoms with Gasteiger partial charge in [-0.3, -0.25) is 9.48 Å². The number of thiophene rings is 1. The predicted octanol–water partition coefficient (Wildman–Crippen LogP) is 3.78. The molecule has 0 bridgehead atoms. The van der Waals surface area contributed by atoms with Crippen LogP contribution in [0.3, 0.4) is 0 Å². The predicted molar refractivity (Wildman–Crippen MR) is 75.1 cm³/mol. The Morgan fingerprint density at radius 1 is 1.50 bits per heavy atom. The minimum atomic E-state index is 0.640. The fourth-order valence-electron chi connectivity index (χ4n) is 1.82. The van der Waals surface area contributed by atoms with Crippen LogP contribution in [0, 0.1) is 12.8 Å². The molecular formula is C14H18N2OS. The first-order valence-corrected chi connectivity index (χ1v) is 7.07. The Morgan fingerprint density at radius 3 is 2.83 bits per heavy atom. The van der Waals surface area contributed by atoms with Gasteiger partial charge in [-0.25, -0.2) is 0 Å². The van der Waals surface area contributed by atoms with Crippen LogP contribution >= 0.6 is 11.3 Å². The van der Waals surface area contributed by atoms with Gasteiger partial charge in [0.05, 0.1) is 10.4 Å². The number of carbonyl (C=O) groups excluding carboxylic acids is 1. The molecule has 0 unspecified atom stereocenters. The number of aldehydes is 1. The second-order valence-electron chi connectivity index (χ2n) is 4.93. The Labute approximate surface area is 111 Å². The van der Waals surface area contributed by atoms with Crippen LogP contribution < -0.4 is 0 Å². The van der Waals surface area contributed by atoms with E-state index in [1.54, 1.807) is 11.3 Å². The van der Waals surface area contributed by atoms with Crippen molar-refractivity contribution >= 4 is 17.6 Å². The molecule has 0 saturated carbocycles. The van der Waals surface area contributed by atoms with Gasteiger partial charge in [0.25, 0.3) is 0 Å². The summed E-state index contributed by atoms with van der Waals surface area (Å²) >= 11 is 1.64. The lowest BCUT2D eigenvalue weighted by molar-refractivity contribution is 0.112. The van der Waals surface area contributed by atoms with Gasteiger partial charge in [-0.2, -0.15) is 5.10 Å². The van der Waals surface area contributed by atoms with Gasteiger partial charge >= 0.3 is 0 Å². The van der Waals surface area contributed by atoms with Crippen molar-refractivity contribution in [1.29, 1.82) is 0 Å². The highest BCUT2D eigenvalue weighted by atomic mass is 32.1. The zero-order valence-corrected chi connectivity index (χ0v) is 11.8. The maximum Gasteiger partial charge on any atom is 0.153 e. The van der Waals surface area contributed by atoms with Gasteiger partial charge in [-0.05, 0) is 36.3 Å². The summed E-state index contributed by atoms with van der Waals surface area (Å²) in [6.45, 7) is 7.29. The Bertz CT molecular complexity index is 540. The maximum atomic E-state index is 11.1. The van der Waals surface area contributed by atoms with E-state index in [1.807, 2.05) is 23.2 Å². The third-order valence-corrected chi connectivity index (χ3v) is 3.95. The molecule has 96 valence electrons. The summed E-state index contributed by atoms with van der Waals surface area (Å²) in [4.78, 5) is 12.2. The highest BCUT2D eigenvalue weighted by Crippen LogP contribution is 2.29. The zero-order chi connectivity index (χ0) is 13.1. The molecule has 0 aliphatic heterocycles. The maximum absolute atomic E-state index is 11.1. The summed E-state index contributed by atoms with van der Waals surface area (Å²) in [6.07, 6.45) is 3.82.